The highest BCUT2D eigenvalue weighted by molar-refractivity contribution is 7.12. The third kappa shape index (κ3) is 2.90. The lowest BCUT2D eigenvalue weighted by atomic mass is 9.98. The lowest BCUT2D eigenvalue weighted by Gasteiger charge is -2.14. The largest absolute Gasteiger partial charge is 0.497 e. The molecule has 21 heavy (non-hydrogen) atoms. The first-order valence-electron chi connectivity index (χ1n) is 7.20. The highest BCUT2D eigenvalue weighted by Gasteiger charge is 2.22. The molecule has 1 heterocycles. The van der Waals surface area contributed by atoms with Gasteiger partial charge in [-0.2, -0.15) is 0 Å². The Labute approximate surface area is 134 Å². The van der Waals surface area contributed by atoms with E-state index < -0.39 is 0 Å². The van der Waals surface area contributed by atoms with Gasteiger partial charge in [0.25, 0.3) is 0 Å². The molecule has 0 N–H and O–H groups in total. The van der Waals surface area contributed by atoms with Crippen LogP contribution in [0.25, 0.3) is 0 Å². The molecular formula is C17H19ClO2S. The Morgan fingerprint density at radius 3 is 2.62 bits per heavy atom. The van der Waals surface area contributed by atoms with E-state index in [0.29, 0.717) is 0 Å². The van der Waals surface area contributed by atoms with Crippen LogP contribution in [0.5, 0.6) is 11.5 Å². The second-order valence-corrected chi connectivity index (χ2v) is 6.88. The number of hydrogen-bond acceptors (Lipinski definition) is 3. The summed E-state index contributed by atoms with van der Waals surface area (Å²) in [6.07, 6.45) is 4.96. The molecule has 1 aromatic heterocycles. The highest BCUT2D eigenvalue weighted by Crippen LogP contribution is 2.42. The van der Waals surface area contributed by atoms with Crippen LogP contribution in [0.2, 0.25) is 0 Å². The average molecular weight is 323 g/mol. The van der Waals surface area contributed by atoms with E-state index in [2.05, 4.69) is 6.07 Å². The summed E-state index contributed by atoms with van der Waals surface area (Å²) in [6.45, 7) is 0. The van der Waals surface area contributed by atoms with E-state index in [1.165, 1.54) is 41.0 Å². The van der Waals surface area contributed by atoms with Gasteiger partial charge < -0.3 is 9.47 Å². The van der Waals surface area contributed by atoms with E-state index in [1.807, 2.05) is 29.5 Å². The zero-order valence-corrected chi connectivity index (χ0v) is 13.9. The Kier molecular flexibility index (Phi) is 4.41. The van der Waals surface area contributed by atoms with Gasteiger partial charge in [0, 0.05) is 15.3 Å². The molecule has 0 radical (unpaired) electrons. The van der Waals surface area contributed by atoms with Crippen LogP contribution < -0.4 is 9.47 Å². The van der Waals surface area contributed by atoms with Gasteiger partial charge in [-0.3, -0.25) is 0 Å². The fraction of sp³-hybridized carbons (Fsp3) is 0.412. The molecule has 0 aliphatic heterocycles. The molecule has 0 saturated carbocycles. The molecule has 0 spiro atoms. The van der Waals surface area contributed by atoms with Crippen molar-refractivity contribution in [2.45, 2.75) is 31.1 Å². The van der Waals surface area contributed by atoms with E-state index in [1.54, 1.807) is 14.2 Å². The third-order valence-corrected chi connectivity index (χ3v) is 5.88. The third-order valence-electron chi connectivity index (χ3n) is 3.98. The normalized spacial score (nSPS) is 15.4. The van der Waals surface area contributed by atoms with Gasteiger partial charge in [-0.1, -0.05) is 0 Å². The van der Waals surface area contributed by atoms with Crippen molar-refractivity contribution >= 4 is 22.9 Å². The molecule has 3 rings (SSSR count). The van der Waals surface area contributed by atoms with Gasteiger partial charge in [0.15, 0.2) is 0 Å². The van der Waals surface area contributed by atoms with Crippen molar-refractivity contribution in [2.24, 2.45) is 0 Å². The number of ether oxygens (including phenoxy) is 2. The molecular weight excluding hydrogens is 304 g/mol. The predicted octanol–water partition coefficient (Wildman–Crippen LogP) is 4.97. The quantitative estimate of drug-likeness (QED) is 0.740. The molecule has 1 aromatic carbocycles. The molecule has 4 heteroatoms. The van der Waals surface area contributed by atoms with Crippen molar-refractivity contribution in [2.75, 3.05) is 14.2 Å². The molecule has 0 saturated heterocycles. The predicted molar refractivity (Wildman–Crippen MR) is 88.2 cm³/mol. The summed E-state index contributed by atoms with van der Waals surface area (Å²) in [5.41, 5.74) is 2.45. The van der Waals surface area contributed by atoms with Gasteiger partial charge in [0.2, 0.25) is 0 Å². The number of fused-ring (bicyclic) bond motifs is 1. The summed E-state index contributed by atoms with van der Waals surface area (Å²) >= 11 is 8.58. The molecule has 2 aromatic rings. The van der Waals surface area contributed by atoms with Crippen molar-refractivity contribution in [1.29, 1.82) is 0 Å². The van der Waals surface area contributed by atoms with Gasteiger partial charge in [0.05, 0.1) is 19.6 Å². The van der Waals surface area contributed by atoms with Crippen molar-refractivity contribution in [3.63, 3.8) is 0 Å². The van der Waals surface area contributed by atoms with Gasteiger partial charge >= 0.3 is 0 Å². The zero-order chi connectivity index (χ0) is 14.8. The summed E-state index contributed by atoms with van der Waals surface area (Å²) in [5, 5.41) is -0.189. The fourth-order valence-corrected chi connectivity index (χ4v) is 4.45. The van der Waals surface area contributed by atoms with Crippen molar-refractivity contribution in [1.82, 2.24) is 0 Å². The summed E-state index contributed by atoms with van der Waals surface area (Å²) < 4.78 is 10.8. The van der Waals surface area contributed by atoms with Crippen LogP contribution in [-0.2, 0) is 12.8 Å². The number of alkyl halides is 1. The Morgan fingerprint density at radius 2 is 1.90 bits per heavy atom. The number of hydrogen-bond donors (Lipinski definition) is 0. The minimum Gasteiger partial charge on any atom is -0.497 e. The molecule has 0 fully saturated rings. The molecule has 2 nitrogen and oxygen atoms in total. The molecule has 0 bridgehead atoms. The van der Waals surface area contributed by atoms with Crippen molar-refractivity contribution < 1.29 is 9.47 Å². The maximum atomic E-state index is 6.74. The van der Waals surface area contributed by atoms with Crippen LogP contribution in [0.15, 0.2) is 24.3 Å². The fourth-order valence-electron chi connectivity index (χ4n) is 2.83. The molecule has 112 valence electrons. The lowest BCUT2D eigenvalue weighted by molar-refractivity contribution is 0.399. The van der Waals surface area contributed by atoms with E-state index in [0.717, 1.165) is 17.1 Å². The standard InChI is InChI=1S/C17H19ClO2S/c1-19-12-7-8-14(20-2)13(10-12)17(18)16-9-11-5-3-4-6-15(11)21-16/h7-10,17H,3-6H2,1-2H3. The Balaban J connectivity index is 1.97. The lowest BCUT2D eigenvalue weighted by Crippen LogP contribution is -1.97. The molecule has 1 atom stereocenters. The second kappa shape index (κ2) is 6.29. The summed E-state index contributed by atoms with van der Waals surface area (Å²) in [7, 11) is 3.34. The Bertz CT molecular complexity index is 612. The minimum atomic E-state index is -0.189. The first kappa shape index (κ1) is 14.7. The smallest absolute Gasteiger partial charge is 0.124 e. The van der Waals surface area contributed by atoms with E-state index in [4.69, 9.17) is 21.1 Å². The number of aryl methyl sites for hydroxylation is 2. The van der Waals surface area contributed by atoms with Crippen LogP contribution >= 0.6 is 22.9 Å². The minimum absolute atomic E-state index is 0.189. The Morgan fingerprint density at radius 1 is 1.10 bits per heavy atom. The molecule has 1 aliphatic rings. The summed E-state index contributed by atoms with van der Waals surface area (Å²) in [4.78, 5) is 2.71. The first-order chi connectivity index (χ1) is 10.2. The van der Waals surface area contributed by atoms with Crippen molar-refractivity contribution in [3.05, 3.63) is 45.1 Å². The molecule has 1 unspecified atom stereocenters. The average Bonchev–Trinajstić information content (AvgIpc) is 2.97. The number of benzene rings is 1. The topological polar surface area (TPSA) is 18.5 Å². The summed E-state index contributed by atoms with van der Waals surface area (Å²) in [6, 6.07) is 8.05. The number of halogens is 1. The van der Waals surface area contributed by atoms with Gasteiger partial charge in [-0.25, -0.2) is 0 Å². The first-order valence-corrected chi connectivity index (χ1v) is 8.45. The van der Waals surface area contributed by atoms with Crippen molar-refractivity contribution in [3.8, 4) is 11.5 Å². The molecule has 1 aliphatic carbocycles. The second-order valence-electron chi connectivity index (χ2n) is 5.27. The van der Waals surface area contributed by atoms with Gasteiger partial charge in [-0.15, -0.1) is 22.9 Å². The number of methoxy groups -OCH3 is 2. The maximum absolute atomic E-state index is 6.74. The van der Waals surface area contributed by atoms with Crippen LogP contribution in [0.4, 0.5) is 0 Å². The van der Waals surface area contributed by atoms with E-state index in [9.17, 15) is 0 Å². The van der Waals surface area contributed by atoms with Crippen LogP contribution in [0, 0.1) is 0 Å². The van der Waals surface area contributed by atoms with Crippen LogP contribution in [0.1, 0.15) is 39.1 Å². The Hall–Kier alpha value is -1.19. The molecule has 0 amide bonds. The monoisotopic (exact) mass is 322 g/mol. The summed E-state index contributed by atoms with van der Waals surface area (Å²) in [5.74, 6) is 1.61. The number of thiophene rings is 1. The number of rotatable bonds is 4. The van der Waals surface area contributed by atoms with E-state index in [-0.39, 0.29) is 5.38 Å². The van der Waals surface area contributed by atoms with Crippen LogP contribution in [-0.4, -0.2) is 14.2 Å². The van der Waals surface area contributed by atoms with Gasteiger partial charge in [-0.05, 0) is 55.5 Å². The van der Waals surface area contributed by atoms with Crippen LogP contribution in [0.3, 0.4) is 0 Å². The SMILES string of the molecule is COc1ccc(OC)c(C(Cl)c2cc3c(s2)CCCC3)c1. The van der Waals surface area contributed by atoms with Gasteiger partial charge in [0.1, 0.15) is 11.5 Å². The maximum Gasteiger partial charge on any atom is 0.124 e. The van der Waals surface area contributed by atoms with E-state index >= 15 is 0 Å². The highest BCUT2D eigenvalue weighted by atomic mass is 35.5. The zero-order valence-electron chi connectivity index (χ0n) is 12.3.